The normalized spacial score (nSPS) is 12.0. The predicted molar refractivity (Wildman–Crippen MR) is 94.2 cm³/mol. The van der Waals surface area contributed by atoms with E-state index in [0.29, 0.717) is 27.9 Å². The van der Waals surface area contributed by atoms with Gasteiger partial charge < -0.3 is 4.98 Å². The van der Waals surface area contributed by atoms with E-state index in [0.717, 1.165) is 11.0 Å². The first-order chi connectivity index (χ1) is 11.6. The molecule has 4 nitrogen and oxygen atoms in total. The molecule has 0 aliphatic rings. The lowest BCUT2D eigenvalue weighted by atomic mass is 9.93. The van der Waals surface area contributed by atoms with Crippen LogP contribution in [0.4, 0.5) is 0 Å². The largest absolute Gasteiger partial charge is 0.342 e. The number of nitriles is 1. The molecule has 0 aliphatic carbocycles. The van der Waals surface area contributed by atoms with E-state index in [2.05, 4.69) is 9.97 Å². The Morgan fingerprint density at radius 2 is 1.88 bits per heavy atom. The summed E-state index contributed by atoms with van der Waals surface area (Å²) >= 11 is 12.2. The van der Waals surface area contributed by atoms with Crippen LogP contribution in [-0.4, -0.2) is 15.8 Å². The topological polar surface area (TPSA) is 69.5 Å². The molecule has 0 saturated heterocycles. The van der Waals surface area contributed by atoms with Crippen molar-refractivity contribution < 1.29 is 4.79 Å². The summed E-state index contributed by atoms with van der Waals surface area (Å²) in [6.45, 7) is 0. The minimum Gasteiger partial charge on any atom is -0.342 e. The molecule has 0 radical (unpaired) electrons. The number of nitrogens with zero attached hydrogens (tertiary/aromatic N) is 2. The Kier molecular flexibility index (Phi) is 4.84. The molecule has 0 amide bonds. The van der Waals surface area contributed by atoms with Crippen LogP contribution in [0.25, 0.3) is 11.0 Å². The highest BCUT2D eigenvalue weighted by atomic mass is 35.5. The summed E-state index contributed by atoms with van der Waals surface area (Å²) in [7, 11) is 0. The number of hydrogen-bond donors (Lipinski definition) is 1. The quantitative estimate of drug-likeness (QED) is 0.720. The first kappa shape index (κ1) is 16.5. The highest BCUT2D eigenvalue weighted by Gasteiger charge is 2.25. The minimum atomic E-state index is -0.976. The van der Waals surface area contributed by atoms with Gasteiger partial charge >= 0.3 is 0 Å². The molecule has 1 atom stereocenters. The third-order valence-electron chi connectivity index (χ3n) is 3.79. The molecule has 2 aromatic carbocycles. The fourth-order valence-electron chi connectivity index (χ4n) is 2.59. The van der Waals surface area contributed by atoms with Gasteiger partial charge in [-0.1, -0.05) is 41.4 Å². The van der Waals surface area contributed by atoms with Crippen molar-refractivity contribution >= 4 is 40.0 Å². The van der Waals surface area contributed by atoms with Gasteiger partial charge in [0.05, 0.1) is 17.1 Å². The Bertz CT molecular complexity index is 890. The summed E-state index contributed by atoms with van der Waals surface area (Å²) in [5, 5.41) is 10.0. The Morgan fingerprint density at radius 1 is 1.17 bits per heavy atom. The fourth-order valence-corrected chi connectivity index (χ4v) is 3.21. The van der Waals surface area contributed by atoms with Gasteiger partial charge in [0.1, 0.15) is 11.7 Å². The van der Waals surface area contributed by atoms with Gasteiger partial charge in [0.25, 0.3) is 0 Å². The van der Waals surface area contributed by atoms with Gasteiger partial charge in [0, 0.05) is 28.5 Å². The number of imidazole rings is 1. The number of halogens is 2. The number of nitrogens with one attached hydrogen (secondary N) is 1. The lowest BCUT2D eigenvalue weighted by Crippen LogP contribution is -2.13. The number of hydrogen-bond acceptors (Lipinski definition) is 3. The number of para-hydroxylation sites is 2. The number of aromatic amines is 1. The van der Waals surface area contributed by atoms with Crippen molar-refractivity contribution in [3.05, 3.63) is 63.9 Å². The molecule has 3 aromatic rings. The zero-order valence-corrected chi connectivity index (χ0v) is 14.1. The number of carbonyl (C=O) groups is 1. The first-order valence-electron chi connectivity index (χ1n) is 7.40. The molecule has 24 heavy (non-hydrogen) atoms. The molecule has 120 valence electrons. The van der Waals surface area contributed by atoms with E-state index in [9.17, 15) is 10.1 Å². The van der Waals surface area contributed by atoms with Gasteiger partial charge in [0.2, 0.25) is 0 Å². The number of ketones is 1. The van der Waals surface area contributed by atoms with Crippen LogP contribution in [0, 0.1) is 11.3 Å². The molecule has 0 aliphatic heterocycles. The van der Waals surface area contributed by atoms with Crippen LogP contribution in [0.2, 0.25) is 10.0 Å². The van der Waals surface area contributed by atoms with Gasteiger partial charge in [-0.05, 0) is 24.3 Å². The van der Waals surface area contributed by atoms with E-state index in [1.54, 1.807) is 18.2 Å². The average Bonchev–Trinajstić information content (AvgIpc) is 2.99. The van der Waals surface area contributed by atoms with Gasteiger partial charge in [-0.15, -0.1) is 0 Å². The predicted octanol–water partition coefficient (Wildman–Crippen LogP) is 4.68. The summed E-state index contributed by atoms with van der Waals surface area (Å²) in [6, 6.07) is 14.6. The Hall–Kier alpha value is -2.35. The van der Waals surface area contributed by atoms with E-state index in [1.165, 1.54) is 0 Å². The molecule has 0 unspecified atom stereocenters. The molecule has 0 spiro atoms. The molecule has 1 heterocycles. The monoisotopic (exact) mass is 357 g/mol. The van der Waals surface area contributed by atoms with Crippen molar-refractivity contribution in [3.8, 4) is 6.07 Å². The SMILES string of the molecule is N#C[C@H](C(=O)CCc1nc2ccccc2[nH]1)c1c(Cl)cccc1Cl. The van der Waals surface area contributed by atoms with Crippen molar-refractivity contribution in [2.75, 3.05) is 0 Å². The van der Waals surface area contributed by atoms with Crippen LogP contribution in [0.15, 0.2) is 42.5 Å². The zero-order valence-electron chi connectivity index (χ0n) is 12.6. The number of Topliss-reactive ketones (excluding diaryl/α,β-unsaturated/α-hetero) is 1. The highest BCUT2D eigenvalue weighted by Crippen LogP contribution is 2.32. The number of H-pyrrole nitrogens is 1. The van der Waals surface area contributed by atoms with Crippen LogP contribution >= 0.6 is 23.2 Å². The standard InChI is InChI=1S/C18H13Cl2N3O/c19-12-4-3-5-13(20)18(12)11(10-21)16(24)8-9-17-22-14-6-1-2-7-15(14)23-17/h1-7,11H,8-9H2,(H,22,23)/t11-/m1/s1. The van der Waals surface area contributed by atoms with Crippen LogP contribution < -0.4 is 0 Å². The molecule has 6 heteroatoms. The van der Waals surface area contributed by atoms with Crippen molar-refractivity contribution in [1.82, 2.24) is 9.97 Å². The summed E-state index contributed by atoms with van der Waals surface area (Å²) in [5.41, 5.74) is 2.15. The van der Waals surface area contributed by atoms with Gasteiger partial charge in [0.15, 0.2) is 5.78 Å². The number of aromatic nitrogens is 2. The lowest BCUT2D eigenvalue weighted by Gasteiger charge is -2.11. The number of carbonyl (C=O) groups excluding carboxylic acids is 1. The van der Waals surface area contributed by atoms with Crippen molar-refractivity contribution in [2.24, 2.45) is 0 Å². The van der Waals surface area contributed by atoms with Crippen LogP contribution in [0.1, 0.15) is 23.7 Å². The maximum Gasteiger partial charge on any atom is 0.155 e. The second-order valence-corrected chi connectivity index (χ2v) is 6.18. The second kappa shape index (κ2) is 7.04. The second-order valence-electron chi connectivity index (χ2n) is 5.36. The first-order valence-corrected chi connectivity index (χ1v) is 8.15. The Labute approximate surface area is 149 Å². The average molecular weight is 358 g/mol. The van der Waals surface area contributed by atoms with Gasteiger partial charge in [-0.25, -0.2) is 4.98 Å². The van der Waals surface area contributed by atoms with E-state index in [-0.39, 0.29) is 12.2 Å². The lowest BCUT2D eigenvalue weighted by molar-refractivity contribution is -0.119. The van der Waals surface area contributed by atoms with Crippen molar-refractivity contribution in [1.29, 1.82) is 5.26 Å². The van der Waals surface area contributed by atoms with E-state index in [4.69, 9.17) is 23.2 Å². The molecule has 0 bridgehead atoms. The molecule has 1 aromatic heterocycles. The molecular formula is C18H13Cl2N3O. The summed E-state index contributed by atoms with van der Waals surface area (Å²) in [4.78, 5) is 20.1. The summed E-state index contributed by atoms with van der Waals surface area (Å²) in [6.07, 6.45) is 0.605. The minimum absolute atomic E-state index is 0.180. The highest BCUT2D eigenvalue weighted by molar-refractivity contribution is 6.36. The van der Waals surface area contributed by atoms with E-state index >= 15 is 0 Å². The molecular weight excluding hydrogens is 345 g/mol. The molecule has 1 N–H and O–H groups in total. The molecule has 3 rings (SSSR count). The number of fused-ring (bicyclic) bond motifs is 1. The van der Waals surface area contributed by atoms with Crippen LogP contribution in [0.5, 0.6) is 0 Å². The van der Waals surface area contributed by atoms with E-state index < -0.39 is 5.92 Å². The van der Waals surface area contributed by atoms with Gasteiger partial charge in [-0.2, -0.15) is 5.26 Å². The van der Waals surface area contributed by atoms with Gasteiger partial charge in [-0.3, -0.25) is 4.79 Å². The maximum absolute atomic E-state index is 12.5. The Morgan fingerprint density at radius 3 is 2.54 bits per heavy atom. The maximum atomic E-state index is 12.5. The third kappa shape index (κ3) is 3.28. The molecule has 0 saturated carbocycles. The smallest absolute Gasteiger partial charge is 0.155 e. The summed E-state index contributed by atoms with van der Waals surface area (Å²) < 4.78 is 0. The fraction of sp³-hybridized carbons (Fsp3) is 0.167. The number of benzene rings is 2. The van der Waals surface area contributed by atoms with E-state index in [1.807, 2.05) is 30.3 Å². The van der Waals surface area contributed by atoms with Crippen molar-refractivity contribution in [2.45, 2.75) is 18.8 Å². The molecule has 0 fully saturated rings. The zero-order chi connectivity index (χ0) is 17.1. The van der Waals surface area contributed by atoms with Crippen LogP contribution in [-0.2, 0) is 11.2 Å². The third-order valence-corrected chi connectivity index (χ3v) is 4.45. The summed E-state index contributed by atoms with van der Waals surface area (Å²) in [5.74, 6) is -0.491. The van der Waals surface area contributed by atoms with Crippen LogP contribution in [0.3, 0.4) is 0 Å². The van der Waals surface area contributed by atoms with Crippen molar-refractivity contribution in [3.63, 3.8) is 0 Å². The number of rotatable bonds is 5. The Balaban J connectivity index is 1.77. The number of aryl methyl sites for hydroxylation is 1.